The smallest absolute Gasteiger partial charge is 0.323 e. The number of benzene rings is 1. The zero-order valence-electron chi connectivity index (χ0n) is 8.59. The molecule has 0 spiro atoms. The monoisotopic (exact) mass is 223 g/mol. The third-order valence-electron chi connectivity index (χ3n) is 1.93. The van der Waals surface area contributed by atoms with Gasteiger partial charge in [-0.1, -0.05) is 0 Å². The highest BCUT2D eigenvalue weighted by Crippen LogP contribution is 2.15. The van der Waals surface area contributed by atoms with Gasteiger partial charge in [0.05, 0.1) is 6.54 Å². The highest BCUT2D eigenvalue weighted by atomic mass is 16.4. The number of amides is 1. The summed E-state index contributed by atoms with van der Waals surface area (Å²) in [6.07, 6.45) is 0. The van der Waals surface area contributed by atoms with Crippen molar-refractivity contribution < 1.29 is 14.7 Å². The van der Waals surface area contributed by atoms with Crippen LogP contribution in [0.4, 0.5) is 11.4 Å². The number of nitrogens with zero attached hydrogens (tertiary/aromatic N) is 1. The Morgan fingerprint density at radius 1 is 1.19 bits per heavy atom. The molecule has 0 unspecified atom stereocenters. The maximum absolute atomic E-state index is 10.8. The first-order chi connectivity index (χ1) is 7.49. The number of aliphatic carboxylic acids is 1. The molecule has 0 radical (unpaired) electrons. The van der Waals surface area contributed by atoms with Crippen LogP contribution in [0.15, 0.2) is 24.3 Å². The molecule has 0 aliphatic heterocycles. The quantitative estimate of drug-likeness (QED) is 0.591. The lowest BCUT2D eigenvalue weighted by atomic mass is 10.2. The third kappa shape index (κ3) is 3.49. The minimum atomic E-state index is -1.03. The van der Waals surface area contributed by atoms with E-state index in [0.29, 0.717) is 11.4 Å². The van der Waals surface area contributed by atoms with Crippen molar-refractivity contribution in [3.63, 3.8) is 0 Å². The number of carbonyl (C=O) groups excluding carboxylic acids is 1. The van der Waals surface area contributed by atoms with Crippen LogP contribution in [-0.4, -0.2) is 30.1 Å². The molecule has 0 aromatic heterocycles. The lowest BCUT2D eigenvalue weighted by molar-refractivity contribution is -0.135. The van der Waals surface area contributed by atoms with E-state index in [1.807, 2.05) is 0 Å². The van der Waals surface area contributed by atoms with Crippen molar-refractivity contribution in [2.45, 2.75) is 0 Å². The van der Waals surface area contributed by atoms with Gasteiger partial charge in [0.25, 0.3) is 0 Å². The third-order valence-corrected chi connectivity index (χ3v) is 1.93. The summed E-state index contributed by atoms with van der Waals surface area (Å²) in [5, 5.41) is 8.69. The molecule has 1 rings (SSSR count). The molecule has 0 heterocycles. The van der Waals surface area contributed by atoms with Gasteiger partial charge in [0.1, 0.15) is 6.54 Å². The summed E-state index contributed by atoms with van der Waals surface area (Å²) in [7, 11) is 0. The largest absolute Gasteiger partial charge is 0.480 e. The Bertz CT molecular complexity index is 373. The summed E-state index contributed by atoms with van der Waals surface area (Å²) in [5.41, 5.74) is 11.7. The lowest BCUT2D eigenvalue weighted by Crippen LogP contribution is -2.37. The second-order valence-electron chi connectivity index (χ2n) is 3.31. The topological polar surface area (TPSA) is 110 Å². The Morgan fingerprint density at radius 3 is 2.19 bits per heavy atom. The van der Waals surface area contributed by atoms with E-state index in [-0.39, 0.29) is 13.1 Å². The number of hydrogen-bond donors (Lipinski definition) is 3. The van der Waals surface area contributed by atoms with Gasteiger partial charge in [-0.3, -0.25) is 9.59 Å². The summed E-state index contributed by atoms with van der Waals surface area (Å²) in [6, 6.07) is 6.54. The molecule has 86 valence electrons. The van der Waals surface area contributed by atoms with Crippen molar-refractivity contribution in [3.05, 3.63) is 24.3 Å². The molecule has 0 bridgehead atoms. The van der Waals surface area contributed by atoms with Crippen LogP contribution in [0.2, 0.25) is 0 Å². The van der Waals surface area contributed by atoms with Gasteiger partial charge in [0, 0.05) is 11.4 Å². The van der Waals surface area contributed by atoms with Crippen LogP contribution >= 0.6 is 0 Å². The molecule has 1 aromatic rings. The molecule has 0 saturated carbocycles. The maximum Gasteiger partial charge on any atom is 0.323 e. The van der Waals surface area contributed by atoms with Gasteiger partial charge in [0.15, 0.2) is 0 Å². The summed E-state index contributed by atoms with van der Waals surface area (Å²) >= 11 is 0. The number of primary amides is 1. The lowest BCUT2D eigenvalue weighted by Gasteiger charge is -2.21. The summed E-state index contributed by atoms with van der Waals surface area (Å²) in [5.74, 6) is -1.61. The van der Waals surface area contributed by atoms with E-state index >= 15 is 0 Å². The fourth-order valence-electron chi connectivity index (χ4n) is 1.28. The zero-order valence-corrected chi connectivity index (χ0v) is 8.59. The number of carbonyl (C=O) groups is 2. The van der Waals surface area contributed by atoms with E-state index in [0.717, 1.165) is 0 Å². The molecule has 6 nitrogen and oxygen atoms in total. The van der Waals surface area contributed by atoms with Crippen LogP contribution in [-0.2, 0) is 9.59 Å². The Labute approximate surface area is 92.4 Å². The molecular weight excluding hydrogens is 210 g/mol. The fourth-order valence-corrected chi connectivity index (χ4v) is 1.28. The second-order valence-corrected chi connectivity index (χ2v) is 3.31. The molecule has 1 amide bonds. The molecule has 0 fully saturated rings. The normalized spacial score (nSPS) is 9.75. The Kier molecular flexibility index (Phi) is 3.71. The Balaban J connectivity index is 2.86. The van der Waals surface area contributed by atoms with Gasteiger partial charge >= 0.3 is 5.97 Å². The number of nitrogens with two attached hydrogens (primary N) is 2. The second kappa shape index (κ2) is 5.01. The molecule has 6 heteroatoms. The number of hydrogen-bond acceptors (Lipinski definition) is 4. The number of anilines is 2. The van der Waals surface area contributed by atoms with Crippen LogP contribution in [0.5, 0.6) is 0 Å². The van der Waals surface area contributed by atoms with Crippen molar-refractivity contribution in [2.24, 2.45) is 5.73 Å². The molecule has 1 aromatic carbocycles. The van der Waals surface area contributed by atoms with E-state index in [4.69, 9.17) is 16.6 Å². The summed E-state index contributed by atoms with van der Waals surface area (Å²) in [6.45, 7) is -0.428. The SMILES string of the molecule is NC(=O)CN(CC(=O)O)c1ccc(N)cc1. The summed E-state index contributed by atoms with van der Waals surface area (Å²) < 4.78 is 0. The van der Waals surface area contributed by atoms with Crippen LogP contribution in [0.3, 0.4) is 0 Å². The highest BCUT2D eigenvalue weighted by molar-refractivity contribution is 5.82. The molecule has 0 saturated heterocycles. The van der Waals surface area contributed by atoms with Gasteiger partial charge in [-0.25, -0.2) is 0 Å². The molecular formula is C10H13N3O3. The number of rotatable bonds is 5. The van der Waals surface area contributed by atoms with Gasteiger partial charge in [0.2, 0.25) is 5.91 Å². The van der Waals surface area contributed by atoms with Crippen molar-refractivity contribution in [1.29, 1.82) is 0 Å². The van der Waals surface area contributed by atoms with E-state index in [9.17, 15) is 9.59 Å². The Morgan fingerprint density at radius 2 is 1.75 bits per heavy atom. The van der Waals surface area contributed by atoms with E-state index in [2.05, 4.69) is 0 Å². The van der Waals surface area contributed by atoms with Gasteiger partial charge in [-0.2, -0.15) is 0 Å². The van der Waals surface area contributed by atoms with Crippen LogP contribution in [0.1, 0.15) is 0 Å². The van der Waals surface area contributed by atoms with E-state index < -0.39 is 11.9 Å². The number of carboxylic acid groups (broad SMARTS) is 1. The van der Waals surface area contributed by atoms with E-state index in [1.54, 1.807) is 24.3 Å². The molecule has 0 aliphatic rings. The minimum absolute atomic E-state index is 0.143. The minimum Gasteiger partial charge on any atom is -0.480 e. The fraction of sp³-hybridized carbons (Fsp3) is 0.200. The molecule has 16 heavy (non-hydrogen) atoms. The maximum atomic E-state index is 10.8. The van der Waals surface area contributed by atoms with Crippen molar-refractivity contribution in [2.75, 3.05) is 23.7 Å². The first-order valence-corrected chi connectivity index (χ1v) is 4.59. The van der Waals surface area contributed by atoms with Gasteiger partial charge < -0.3 is 21.5 Å². The zero-order chi connectivity index (χ0) is 12.1. The molecule has 5 N–H and O–H groups in total. The number of carboxylic acids is 1. The molecule has 0 atom stereocenters. The Hall–Kier alpha value is -2.24. The molecule has 0 aliphatic carbocycles. The van der Waals surface area contributed by atoms with Crippen LogP contribution in [0, 0.1) is 0 Å². The predicted octanol–water partition coefficient (Wildman–Crippen LogP) is -0.355. The first-order valence-electron chi connectivity index (χ1n) is 4.59. The average molecular weight is 223 g/mol. The van der Waals surface area contributed by atoms with Crippen molar-refractivity contribution in [3.8, 4) is 0 Å². The highest BCUT2D eigenvalue weighted by Gasteiger charge is 2.12. The summed E-state index contributed by atoms with van der Waals surface area (Å²) in [4.78, 5) is 22.8. The number of nitrogen functional groups attached to an aromatic ring is 1. The predicted molar refractivity (Wildman–Crippen MR) is 59.9 cm³/mol. The van der Waals surface area contributed by atoms with Crippen molar-refractivity contribution >= 4 is 23.3 Å². The van der Waals surface area contributed by atoms with Gasteiger partial charge in [-0.15, -0.1) is 0 Å². The van der Waals surface area contributed by atoms with Crippen LogP contribution < -0.4 is 16.4 Å². The van der Waals surface area contributed by atoms with Crippen molar-refractivity contribution in [1.82, 2.24) is 0 Å². The van der Waals surface area contributed by atoms with Gasteiger partial charge in [-0.05, 0) is 24.3 Å². The average Bonchev–Trinajstić information content (AvgIpc) is 2.16. The van der Waals surface area contributed by atoms with Crippen LogP contribution in [0.25, 0.3) is 0 Å². The first kappa shape index (κ1) is 11.8. The standard InChI is InChI=1S/C10H13N3O3/c11-7-1-3-8(4-2-7)13(5-9(12)14)6-10(15)16/h1-4H,5-6,11H2,(H2,12,14)(H,15,16). The van der Waals surface area contributed by atoms with E-state index in [1.165, 1.54) is 4.90 Å².